The van der Waals surface area contributed by atoms with E-state index in [2.05, 4.69) is 284 Å². The fraction of sp³-hybridized carbons (Fsp3) is 0.0417. The highest BCUT2D eigenvalue weighted by molar-refractivity contribution is 6.22. The molecular weight excluding hydrogens is 935 g/mol. The summed E-state index contributed by atoms with van der Waals surface area (Å²) in [4.78, 5) is 16.6. The molecular formula is C72H49N5. The lowest BCUT2D eigenvalue weighted by molar-refractivity contribution is 0.661. The van der Waals surface area contributed by atoms with Crippen LogP contribution in [0, 0.1) is 0 Å². The van der Waals surface area contributed by atoms with Gasteiger partial charge in [-0.2, -0.15) is 0 Å². The molecule has 0 spiro atoms. The summed E-state index contributed by atoms with van der Waals surface area (Å²) < 4.78 is 4.85. The van der Waals surface area contributed by atoms with Crippen molar-refractivity contribution in [3.8, 4) is 90.0 Å². The molecule has 1 aliphatic rings. The van der Waals surface area contributed by atoms with Gasteiger partial charge in [0.1, 0.15) is 0 Å². The minimum Gasteiger partial charge on any atom is -0.309 e. The third-order valence-corrected chi connectivity index (χ3v) is 16.0. The maximum atomic E-state index is 5.60. The molecule has 5 nitrogen and oxygen atoms in total. The predicted molar refractivity (Wildman–Crippen MR) is 319 cm³/mol. The molecule has 3 aromatic heterocycles. The number of nitrogens with zero attached hydrogens (tertiary/aromatic N) is 5. The molecule has 0 saturated heterocycles. The molecule has 0 unspecified atom stereocenters. The normalized spacial score (nSPS) is 12.6. The second kappa shape index (κ2) is 17.6. The summed E-state index contributed by atoms with van der Waals surface area (Å²) in [6.07, 6.45) is 0. The standard InChI is InChI=1S/C72H49N5/c1-72(2)60-37-15-12-30-52(60)55-35-19-36-59(68(55)72)71-74-69(50-27-18-26-48(44-50)46-22-6-3-7-23-46)73-70(75-71)58-32-14-17-39-62(58)77-64-41-21-34-54(67(64)57-43-42-49(45-65(57)77)47-24-8-4-9-25-47)53-33-20-40-63-66(53)56-31-13-16-38-61(56)76(63)51-28-10-5-11-29-51/h3-45H,1-2H3. The molecule has 15 rings (SSSR count). The van der Waals surface area contributed by atoms with Crippen molar-refractivity contribution in [3.05, 3.63) is 272 Å². The summed E-state index contributed by atoms with van der Waals surface area (Å²) in [5, 5.41) is 4.77. The fourth-order valence-corrected chi connectivity index (χ4v) is 12.6. The number of benzene rings is 11. The molecule has 5 heteroatoms. The highest BCUT2D eigenvalue weighted by Crippen LogP contribution is 2.52. The van der Waals surface area contributed by atoms with Crippen molar-refractivity contribution in [2.75, 3.05) is 0 Å². The van der Waals surface area contributed by atoms with E-state index < -0.39 is 0 Å². The number of rotatable bonds is 8. The van der Waals surface area contributed by atoms with Gasteiger partial charge >= 0.3 is 0 Å². The van der Waals surface area contributed by atoms with Crippen LogP contribution in [0.5, 0.6) is 0 Å². The zero-order chi connectivity index (χ0) is 51.2. The van der Waals surface area contributed by atoms with Crippen LogP contribution in [0.15, 0.2) is 261 Å². The Balaban J connectivity index is 0.998. The zero-order valence-electron chi connectivity index (χ0n) is 42.6. The van der Waals surface area contributed by atoms with Crippen molar-refractivity contribution in [1.29, 1.82) is 0 Å². The van der Waals surface area contributed by atoms with E-state index in [9.17, 15) is 0 Å². The Bertz CT molecular complexity index is 4640. The zero-order valence-corrected chi connectivity index (χ0v) is 42.6. The van der Waals surface area contributed by atoms with Gasteiger partial charge in [-0.1, -0.05) is 220 Å². The first kappa shape index (κ1) is 44.5. The largest absolute Gasteiger partial charge is 0.309 e. The molecule has 1 aliphatic carbocycles. The molecule has 0 amide bonds. The van der Waals surface area contributed by atoms with Crippen LogP contribution in [0.1, 0.15) is 25.0 Å². The van der Waals surface area contributed by atoms with Gasteiger partial charge in [0.15, 0.2) is 17.5 Å². The van der Waals surface area contributed by atoms with E-state index in [0.29, 0.717) is 17.5 Å². The number of hydrogen-bond donors (Lipinski definition) is 0. The fourth-order valence-electron chi connectivity index (χ4n) is 12.6. The molecule has 0 fully saturated rings. The van der Waals surface area contributed by atoms with Crippen LogP contribution in [0.25, 0.3) is 134 Å². The minimum absolute atomic E-state index is 0.293. The number of aromatic nitrogens is 5. The third-order valence-electron chi connectivity index (χ3n) is 16.0. The van der Waals surface area contributed by atoms with Crippen LogP contribution in [0.3, 0.4) is 0 Å². The molecule has 0 radical (unpaired) electrons. The third kappa shape index (κ3) is 7.04. The highest BCUT2D eigenvalue weighted by Gasteiger charge is 2.38. The van der Waals surface area contributed by atoms with Gasteiger partial charge in [0.25, 0.3) is 0 Å². The average molecular weight is 984 g/mol. The van der Waals surface area contributed by atoms with Gasteiger partial charge in [-0.05, 0) is 110 Å². The van der Waals surface area contributed by atoms with Crippen LogP contribution in [-0.4, -0.2) is 24.1 Å². The minimum atomic E-state index is -0.293. The maximum absolute atomic E-state index is 5.60. The molecule has 0 N–H and O–H groups in total. The summed E-state index contributed by atoms with van der Waals surface area (Å²) in [7, 11) is 0. The molecule has 0 atom stereocenters. The second-order valence-corrected chi connectivity index (χ2v) is 20.7. The van der Waals surface area contributed by atoms with E-state index in [1.54, 1.807) is 0 Å². The molecule has 0 aliphatic heterocycles. The van der Waals surface area contributed by atoms with Crippen LogP contribution in [-0.2, 0) is 5.41 Å². The van der Waals surface area contributed by atoms with Crippen LogP contribution >= 0.6 is 0 Å². The van der Waals surface area contributed by atoms with Crippen molar-refractivity contribution in [3.63, 3.8) is 0 Å². The Morgan fingerprint density at radius 2 is 0.779 bits per heavy atom. The first-order chi connectivity index (χ1) is 38.0. The van der Waals surface area contributed by atoms with E-state index >= 15 is 0 Å². The lowest BCUT2D eigenvalue weighted by Crippen LogP contribution is -2.17. The first-order valence-electron chi connectivity index (χ1n) is 26.4. The quantitative estimate of drug-likeness (QED) is 0.152. The van der Waals surface area contributed by atoms with Gasteiger partial charge in [-0.25, -0.2) is 15.0 Å². The summed E-state index contributed by atoms with van der Waals surface area (Å²) >= 11 is 0. The summed E-state index contributed by atoms with van der Waals surface area (Å²) in [6, 6.07) is 93.9. The predicted octanol–water partition coefficient (Wildman–Crippen LogP) is 18.4. The summed E-state index contributed by atoms with van der Waals surface area (Å²) in [6.45, 7) is 4.65. The van der Waals surface area contributed by atoms with Gasteiger partial charge in [0.05, 0.1) is 27.8 Å². The van der Waals surface area contributed by atoms with Gasteiger partial charge in [-0.3, -0.25) is 0 Å². The van der Waals surface area contributed by atoms with Crippen LogP contribution in [0.4, 0.5) is 0 Å². The molecule has 362 valence electrons. The van der Waals surface area contributed by atoms with Crippen molar-refractivity contribution in [2.24, 2.45) is 0 Å². The van der Waals surface area contributed by atoms with E-state index in [1.807, 2.05) is 0 Å². The second-order valence-electron chi connectivity index (χ2n) is 20.7. The first-order valence-corrected chi connectivity index (χ1v) is 26.4. The maximum Gasteiger partial charge on any atom is 0.166 e. The highest BCUT2D eigenvalue weighted by atomic mass is 15.1. The van der Waals surface area contributed by atoms with Gasteiger partial charge in [0, 0.05) is 49.3 Å². The molecule has 3 heterocycles. The Morgan fingerprint density at radius 1 is 0.299 bits per heavy atom. The summed E-state index contributed by atoms with van der Waals surface area (Å²) in [5.74, 6) is 1.85. The SMILES string of the molecule is CC1(C)c2ccccc2-c2cccc(-c3nc(-c4cccc(-c5ccccc5)c4)nc(-c4ccccc4-n4c5cc(-c6ccccc6)ccc5c5c(-c6cccc7c6c6ccccc6n7-c6ccccc6)cccc54)n3)c21. The topological polar surface area (TPSA) is 48.5 Å². The van der Waals surface area contributed by atoms with Crippen molar-refractivity contribution < 1.29 is 0 Å². The Morgan fingerprint density at radius 3 is 1.52 bits per heavy atom. The summed E-state index contributed by atoms with van der Waals surface area (Å²) in [5.41, 5.74) is 21.0. The smallest absolute Gasteiger partial charge is 0.166 e. The monoisotopic (exact) mass is 983 g/mol. The average Bonchev–Trinajstić information content (AvgIpc) is 4.15. The van der Waals surface area contributed by atoms with E-state index in [-0.39, 0.29) is 5.41 Å². The van der Waals surface area contributed by atoms with Crippen LogP contribution < -0.4 is 0 Å². The van der Waals surface area contributed by atoms with Crippen molar-refractivity contribution in [1.82, 2.24) is 24.1 Å². The van der Waals surface area contributed by atoms with E-state index in [0.717, 1.165) is 66.7 Å². The lowest BCUT2D eigenvalue weighted by Gasteiger charge is -2.24. The Hall–Kier alpha value is -9.97. The van der Waals surface area contributed by atoms with E-state index in [4.69, 9.17) is 15.0 Å². The van der Waals surface area contributed by atoms with Crippen molar-refractivity contribution >= 4 is 43.6 Å². The lowest BCUT2D eigenvalue weighted by atomic mass is 9.80. The number of hydrogen-bond acceptors (Lipinski definition) is 3. The van der Waals surface area contributed by atoms with Gasteiger partial charge in [-0.15, -0.1) is 0 Å². The van der Waals surface area contributed by atoms with Gasteiger partial charge < -0.3 is 9.13 Å². The van der Waals surface area contributed by atoms with Gasteiger partial charge in [0.2, 0.25) is 0 Å². The number of para-hydroxylation sites is 3. The molecule has 14 aromatic rings. The molecule has 0 saturated carbocycles. The van der Waals surface area contributed by atoms with Crippen LogP contribution in [0.2, 0.25) is 0 Å². The Kier molecular flexibility index (Phi) is 10.2. The molecule has 77 heavy (non-hydrogen) atoms. The van der Waals surface area contributed by atoms with Crippen molar-refractivity contribution in [2.45, 2.75) is 19.3 Å². The molecule has 11 aromatic carbocycles. The Labute approximate surface area is 446 Å². The van der Waals surface area contributed by atoms with E-state index in [1.165, 1.54) is 60.6 Å². The molecule has 0 bridgehead atoms. The number of fused-ring (bicyclic) bond motifs is 9.